The Kier molecular flexibility index (Phi) is 4.69. The van der Waals surface area contributed by atoms with Crippen LogP contribution in [-0.2, 0) is 10.3 Å². The van der Waals surface area contributed by atoms with Gasteiger partial charge >= 0.3 is 0 Å². The van der Waals surface area contributed by atoms with Crippen molar-refractivity contribution in [3.8, 4) is 0 Å². The van der Waals surface area contributed by atoms with E-state index in [0.717, 1.165) is 30.5 Å². The quantitative estimate of drug-likeness (QED) is 0.603. The van der Waals surface area contributed by atoms with E-state index in [1.807, 2.05) is 51.1 Å². The van der Waals surface area contributed by atoms with Crippen molar-refractivity contribution in [1.29, 1.82) is 0 Å². The summed E-state index contributed by atoms with van der Waals surface area (Å²) in [6, 6.07) is 12.8. The lowest BCUT2D eigenvalue weighted by Gasteiger charge is -2.34. The maximum Gasteiger partial charge on any atom is 0.291 e. The number of amides is 2. The molecule has 1 aromatic heterocycles. The second-order valence-electron chi connectivity index (χ2n) is 8.63. The van der Waals surface area contributed by atoms with Crippen molar-refractivity contribution in [2.75, 3.05) is 18.0 Å². The molecule has 2 aliphatic heterocycles. The SMILES string of the molecule is CCCCN1C(=O)c2oc3ccc(C)cc3c(=O)c2C12C(=O)N(CCC)c1ccccc12. The minimum Gasteiger partial charge on any atom is -0.450 e. The van der Waals surface area contributed by atoms with Crippen LogP contribution < -0.4 is 10.3 Å². The highest BCUT2D eigenvalue weighted by atomic mass is 16.3. The van der Waals surface area contributed by atoms with Crippen molar-refractivity contribution >= 4 is 28.5 Å². The van der Waals surface area contributed by atoms with Crippen molar-refractivity contribution in [3.63, 3.8) is 0 Å². The molecular weight excluding hydrogens is 404 g/mol. The van der Waals surface area contributed by atoms with E-state index in [9.17, 15) is 14.4 Å². The molecule has 3 aromatic rings. The molecule has 1 atom stereocenters. The van der Waals surface area contributed by atoms with Gasteiger partial charge in [-0.2, -0.15) is 0 Å². The van der Waals surface area contributed by atoms with Crippen molar-refractivity contribution in [3.05, 3.63) is 75.1 Å². The molecule has 5 rings (SSSR count). The maximum atomic E-state index is 14.2. The van der Waals surface area contributed by atoms with E-state index in [1.54, 1.807) is 21.9 Å². The lowest BCUT2D eigenvalue weighted by atomic mass is 9.83. The summed E-state index contributed by atoms with van der Waals surface area (Å²) in [5.74, 6) is -0.651. The van der Waals surface area contributed by atoms with Gasteiger partial charge in [-0.05, 0) is 38.0 Å². The Bertz CT molecular complexity index is 1330. The number of para-hydroxylation sites is 1. The smallest absolute Gasteiger partial charge is 0.291 e. The lowest BCUT2D eigenvalue weighted by molar-refractivity contribution is -0.126. The molecule has 1 spiro atoms. The number of anilines is 1. The van der Waals surface area contributed by atoms with Gasteiger partial charge in [0, 0.05) is 18.7 Å². The zero-order chi connectivity index (χ0) is 22.6. The van der Waals surface area contributed by atoms with Gasteiger partial charge in [0.2, 0.25) is 5.76 Å². The van der Waals surface area contributed by atoms with Gasteiger partial charge in [0.1, 0.15) is 5.58 Å². The molecule has 1 unspecified atom stereocenters. The van der Waals surface area contributed by atoms with Gasteiger partial charge < -0.3 is 14.2 Å². The number of nitrogens with zero attached hydrogens (tertiary/aromatic N) is 2. The molecule has 0 N–H and O–H groups in total. The highest BCUT2D eigenvalue weighted by molar-refractivity contribution is 6.17. The van der Waals surface area contributed by atoms with E-state index in [0.29, 0.717) is 29.6 Å². The number of carbonyl (C=O) groups excluding carboxylic acids is 2. The molecule has 0 fully saturated rings. The summed E-state index contributed by atoms with van der Waals surface area (Å²) in [4.78, 5) is 45.0. The van der Waals surface area contributed by atoms with Crippen molar-refractivity contribution < 1.29 is 14.0 Å². The summed E-state index contributed by atoms with van der Waals surface area (Å²) < 4.78 is 6.05. The Balaban J connectivity index is 1.90. The van der Waals surface area contributed by atoms with Gasteiger partial charge in [0.15, 0.2) is 11.0 Å². The molecule has 3 heterocycles. The molecule has 32 heavy (non-hydrogen) atoms. The van der Waals surface area contributed by atoms with Crippen LogP contribution in [0.2, 0.25) is 0 Å². The summed E-state index contributed by atoms with van der Waals surface area (Å²) in [5.41, 5.74) is 1.09. The zero-order valence-electron chi connectivity index (χ0n) is 18.6. The number of aryl methyl sites for hydroxylation is 1. The summed E-state index contributed by atoms with van der Waals surface area (Å²) in [6.07, 6.45) is 2.34. The fourth-order valence-corrected chi connectivity index (χ4v) is 5.17. The molecule has 2 aliphatic rings. The Hall–Kier alpha value is -3.41. The average molecular weight is 431 g/mol. The van der Waals surface area contributed by atoms with E-state index in [-0.39, 0.29) is 22.7 Å². The van der Waals surface area contributed by atoms with Gasteiger partial charge in [-0.15, -0.1) is 0 Å². The molecule has 2 aromatic carbocycles. The first-order valence-electron chi connectivity index (χ1n) is 11.3. The predicted octanol–water partition coefficient (Wildman–Crippen LogP) is 4.36. The Morgan fingerprint density at radius 2 is 1.75 bits per heavy atom. The number of carbonyl (C=O) groups is 2. The Morgan fingerprint density at radius 3 is 2.50 bits per heavy atom. The van der Waals surface area contributed by atoms with Crippen molar-refractivity contribution in [1.82, 2.24) is 4.90 Å². The van der Waals surface area contributed by atoms with Crippen LogP contribution in [0, 0.1) is 6.92 Å². The number of hydrogen-bond acceptors (Lipinski definition) is 4. The van der Waals surface area contributed by atoms with Crippen molar-refractivity contribution in [2.45, 2.75) is 45.6 Å². The third-order valence-electron chi connectivity index (χ3n) is 6.57. The molecule has 164 valence electrons. The van der Waals surface area contributed by atoms with E-state index in [1.165, 1.54) is 0 Å². The maximum absolute atomic E-state index is 14.2. The van der Waals surface area contributed by atoms with Crippen LogP contribution in [0.15, 0.2) is 51.7 Å². The van der Waals surface area contributed by atoms with Gasteiger partial charge in [-0.1, -0.05) is 50.1 Å². The topological polar surface area (TPSA) is 70.8 Å². The van der Waals surface area contributed by atoms with Gasteiger partial charge in [0.05, 0.1) is 16.6 Å². The molecule has 0 aliphatic carbocycles. The number of benzene rings is 2. The molecule has 2 amide bonds. The second kappa shape index (κ2) is 7.33. The minimum atomic E-state index is -1.48. The monoisotopic (exact) mass is 430 g/mol. The van der Waals surface area contributed by atoms with Gasteiger partial charge in [-0.3, -0.25) is 14.4 Å². The zero-order valence-corrected chi connectivity index (χ0v) is 18.6. The molecule has 0 bridgehead atoms. The molecule has 0 saturated carbocycles. The van der Waals surface area contributed by atoms with E-state index < -0.39 is 11.4 Å². The summed E-state index contributed by atoms with van der Waals surface area (Å²) in [7, 11) is 0. The fraction of sp³-hybridized carbons (Fsp3) is 0.346. The minimum absolute atomic E-state index is 0.0102. The highest BCUT2D eigenvalue weighted by Crippen LogP contribution is 2.52. The van der Waals surface area contributed by atoms with Gasteiger partial charge in [0.25, 0.3) is 11.8 Å². The number of unbranched alkanes of at least 4 members (excludes halogenated alkanes) is 1. The van der Waals surface area contributed by atoms with Crippen LogP contribution in [-0.4, -0.2) is 29.8 Å². The largest absolute Gasteiger partial charge is 0.450 e. The third-order valence-corrected chi connectivity index (χ3v) is 6.57. The van der Waals surface area contributed by atoms with Crippen LogP contribution in [0.4, 0.5) is 5.69 Å². The van der Waals surface area contributed by atoms with E-state index >= 15 is 0 Å². The Morgan fingerprint density at radius 1 is 0.969 bits per heavy atom. The van der Waals surface area contributed by atoms with Crippen molar-refractivity contribution in [2.24, 2.45) is 0 Å². The summed E-state index contributed by atoms with van der Waals surface area (Å²) in [6.45, 7) is 6.83. The molecular formula is C26H26N2O4. The molecule has 0 radical (unpaired) electrons. The standard InChI is InChI=1S/C26H26N2O4/c1-4-6-14-28-24(30)23-21(22(29)17-15-16(3)11-12-20(17)32-23)26(28)18-9-7-8-10-19(18)27(13-5-2)25(26)31/h7-12,15H,4-6,13-14H2,1-3H3. The fourth-order valence-electron chi connectivity index (χ4n) is 5.17. The Labute approximate surface area is 186 Å². The predicted molar refractivity (Wildman–Crippen MR) is 123 cm³/mol. The number of rotatable bonds is 5. The summed E-state index contributed by atoms with van der Waals surface area (Å²) in [5, 5.41) is 0.396. The van der Waals surface area contributed by atoms with Crippen LogP contribution in [0.25, 0.3) is 11.0 Å². The average Bonchev–Trinajstić information content (AvgIpc) is 3.18. The van der Waals surface area contributed by atoms with Crippen LogP contribution in [0.1, 0.15) is 60.4 Å². The third kappa shape index (κ3) is 2.49. The molecule has 6 heteroatoms. The van der Waals surface area contributed by atoms with Crippen LogP contribution in [0.5, 0.6) is 0 Å². The van der Waals surface area contributed by atoms with E-state index in [4.69, 9.17) is 4.42 Å². The van der Waals surface area contributed by atoms with Crippen LogP contribution in [0.3, 0.4) is 0 Å². The highest BCUT2D eigenvalue weighted by Gasteiger charge is 2.64. The van der Waals surface area contributed by atoms with Crippen LogP contribution >= 0.6 is 0 Å². The first kappa shape index (κ1) is 20.5. The molecule has 0 saturated heterocycles. The van der Waals surface area contributed by atoms with Gasteiger partial charge in [-0.25, -0.2) is 0 Å². The second-order valence-corrected chi connectivity index (χ2v) is 8.63. The van der Waals surface area contributed by atoms with E-state index in [2.05, 4.69) is 0 Å². The normalized spacial score (nSPS) is 19.3. The summed E-state index contributed by atoms with van der Waals surface area (Å²) >= 11 is 0. The number of fused-ring (bicyclic) bond motifs is 5. The first-order chi connectivity index (χ1) is 15.5. The first-order valence-corrected chi connectivity index (χ1v) is 11.3. The molecule has 6 nitrogen and oxygen atoms in total. The lowest BCUT2D eigenvalue weighted by Crippen LogP contribution is -2.53. The number of hydrogen-bond donors (Lipinski definition) is 0.